The lowest BCUT2D eigenvalue weighted by atomic mass is 10.0. The highest BCUT2D eigenvalue weighted by Crippen LogP contribution is 2.43. The van der Waals surface area contributed by atoms with E-state index in [0.717, 1.165) is 28.6 Å². The molecule has 1 aliphatic carbocycles. The summed E-state index contributed by atoms with van der Waals surface area (Å²) in [6.07, 6.45) is 2.28. The molecule has 0 spiro atoms. The van der Waals surface area contributed by atoms with Crippen LogP contribution in [0.5, 0.6) is 0 Å². The molecule has 20 heavy (non-hydrogen) atoms. The van der Waals surface area contributed by atoms with Crippen molar-refractivity contribution >= 4 is 21.6 Å². The molecular weight excluding hydrogens is 324 g/mol. The van der Waals surface area contributed by atoms with Crippen LogP contribution >= 0.6 is 15.9 Å². The molecule has 4 heteroatoms. The molecule has 0 heterocycles. The monoisotopic (exact) mass is 337 g/mol. The average molecular weight is 338 g/mol. The number of hydrogen-bond acceptors (Lipinski definition) is 1. The van der Waals surface area contributed by atoms with E-state index in [0.29, 0.717) is 5.92 Å². The molecule has 3 rings (SSSR count). The van der Waals surface area contributed by atoms with Gasteiger partial charge in [-0.2, -0.15) is 0 Å². The van der Waals surface area contributed by atoms with Crippen molar-refractivity contribution in [2.75, 3.05) is 5.32 Å². The number of nitrogens with one attached hydrogen (secondary N) is 1. The van der Waals surface area contributed by atoms with E-state index in [9.17, 15) is 8.78 Å². The maximum Gasteiger partial charge on any atom is 0.125 e. The van der Waals surface area contributed by atoms with Crippen molar-refractivity contribution in [3.8, 4) is 0 Å². The first-order valence-electron chi connectivity index (χ1n) is 6.60. The fourth-order valence-corrected chi connectivity index (χ4v) is 2.71. The van der Waals surface area contributed by atoms with E-state index in [2.05, 4.69) is 21.2 Å². The second-order valence-electron chi connectivity index (χ2n) is 5.14. The van der Waals surface area contributed by atoms with Crippen LogP contribution in [0.3, 0.4) is 0 Å². The van der Waals surface area contributed by atoms with Crippen LogP contribution in [0.25, 0.3) is 0 Å². The van der Waals surface area contributed by atoms with E-state index in [1.54, 1.807) is 18.2 Å². The van der Waals surface area contributed by atoms with Gasteiger partial charge in [0.1, 0.15) is 11.6 Å². The van der Waals surface area contributed by atoms with Gasteiger partial charge in [0.25, 0.3) is 0 Å². The molecule has 2 aromatic rings. The molecule has 1 fully saturated rings. The minimum Gasteiger partial charge on any atom is -0.377 e. The van der Waals surface area contributed by atoms with E-state index in [4.69, 9.17) is 0 Å². The predicted molar refractivity (Wildman–Crippen MR) is 79.6 cm³/mol. The van der Waals surface area contributed by atoms with Gasteiger partial charge in [0.2, 0.25) is 0 Å². The molecule has 1 aliphatic rings. The molecule has 0 aromatic heterocycles. The highest BCUT2D eigenvalue weighted by molar-refractivity contribution is 9.10. The molecular formula is C16H14BrF2N. The van der Waals surface area contributed by atoms with Crippen molar-refractivity contribution in [1.82, 2.24) is 0 Å². The normalized spacial score (nSPS) is 15.9. The van der Waals surface area contributed by atoms with Crippen LogP contribution < -0.4 is 5.32 Å². The SMILES string of the molecule is Fc1ccc(C(Nc2cc(F)ccc2Br)C2CC2)cc1. The zero-order valence-electron chi connectivity index (χ0n) is 10.7. The Morgan fingerprint density at radius 2 is 1.65 bits per heavy atom. The second-order valence-corrected chi connectivity index (χ2v) is 5.99. The second kappa shape index (κ2) is 5.52. The van der Waals surface area contributed by atoms with E-state index in [1.807, 2.05) is 0 Å². The van der Waals surface area contributed by atoms with Gasteiger partial charge in [0.05, 0.1) is 11.7 Å². The molecule has 1 saturated carbocycles. The number of anilines is 1. The standard InChI is InChI=1S/C16H14BrF2N/c17-14-8-7-13(19)9-15(14)20-16(10-1-2-10)11-3-5-12(18)6-4-11/h3-10,16,20H,1-2H2. The van der Waals surface area contributed by atoms with E-state index < -0.39 is 0 Å². The number of halogens is 3. The first-order chi connectivity index (χ1) is 9.63. The molecule has 2 aromatic carbocycles. The minimum absolute atomic E-state index is 0.0914. The first-order valence-corrected chi connectivity index (χ1v) is 7.40. The Morgan fingerprint density at radius 3 is 2.30 bits per heavy atom. The Morgan fingerprint density at radius 1 is 1.00 bits per heavy atom. The quantitative estimate of drug-likeness (QED) is 0.799. The summed E-state index contributed by atoms with van der Waals surface area (Å²) in [7, 11) is 0. The average Bonchev–Trinajstić information content (AvgIpc) is 3.25. The van der Waals surface area contributed by atoms with Gasteiger partial charge in [0, 0.05) is 4.47 Å². The third-order valence-electron chi connectivity index (χ3n) is 3.56. The van der Waals surface area contributed by atoms with Crippen molar-refractivity contribution in [3.63, 3.8) is 0 Å². The van der Waals surface area contributed by atoms with Gasteiger partial charge >= 0.3 is 0 Å². The smallest absolute Gasteiger partial charge is 0.125 e. The fourth-order valence-electron chi connectivity index (χ4n) is 2.35. The summed E-state index contributed by atoms with van der Waals surface area (Å²) in [4.78, 5) is 0. The molecule has 0 bridgehead atoms. The molecule has 0 amide bonds. The van der Waals surface area contributed by atoms with Crippen LogP contribution in [0.4, 0.5) is 14.5 Å². The zero-order valence-corrected chi connectivity index (χ0v) is 12.3. The van der Waals surface area contributed by atoms with Crippen LogP contribution in [-0.4, -0.2) is 0 Å². The minimum atomic E-state index is -0.274. The summed E-state index contributed by atoms with van der Waals surface area (Å²) in [5.41, 5.74) is 1.76. The van der Waals surface area contributed by atoms with Crippen LogP contribution in [0, 0.1) is 17.6 Å². The lowest BCUT2D eigenvalue weighted by molar-refractivity contribution is 0.620. The van der Waals surface area contributed by atoms with Gasteiger partial charge in [0.15, 0.2) is 0 Å². The van der Waals surface area contributed by atoms with Crippen LogP contribution in [-0.2, 0) is 0 Å². The van der Waals surface area contributed by atoms with Crippen molar-refractivity contribution in [2.45, 2.75) is 18.9 Å². The zero-order chi connectivity index (χ0) is 14.1. The highest BCUT2D eigenvalue weighted by atomic mass is 79.9. The summed E-state index contributed by atoms with van der Waals surface area (Å²) < 4.78 is 27.2. The Balaban J connectivity index is 1.88. The number of benzene rings is 2. The summed E-state index contributed by atoms with van der Waals surface area (Å²) >= 11 is 3.42. The largest absolute Gasteiger partial charge is 0.377 e. The van der Waals surface area contributed by atoms with Gasteiger partial charge in [-0.15, -0.1) is 0 Å². The maximum atomic E-state index is 13.4. The van der Waals surface area contributed by atoms with Crippen molar-refractivity contribution in [2.24, 2.45) is 5.92 Å². The van der Waals surface area contributed by atoms with E-state index in [1.165, 1.54) is 24.3 Å². The molecule has 1 unspecified atom stereocenters. The van der Waals surface area contributed by atoms with Crippen LogP contribution in [0.1, 0.15) is 24.4 Å². The van der Waals surface area contributed by atoms with E-state index in [-0.39, 0.29) is 17.7 Å². The van der Waals surface area contributed by atoms with E-state index >= 15 is 0 Å². The van der Waals surface area contributed by atoms with Crippen LogP contribution in [0.15, 0.2) is 46.9 Å². The third-order valence-corrected chi connectivity index (χ3v) is 4.25. The Bertz CT molecular complexity index is 608. The lowest BCUT2D eigenvalue weighted by Gasteiger charge is -2.21. The van der Waals surface area contributed by atoms with Crippen LogP contribution in [0.2, 0.25) is 0 Å². The van der Waals surface area contributed by atoms with Gasteiger partial charge in [-0.3, -0.25) is 0 Å². The lowest BCUT2D eigenvalue weighted by Crippen LogP contribution is -2.13. The molecule has 1 atom stereocenters. The summed E-state index contributed by atoms with van der Waals surface area (Å²) in [6, 6.07) is 11.2. The summed E-state index contributed by atoms with van der Waals surface area (Å²) in [5.74, 6) is 0.00946. The molecule has 0 radical (unpaired) electrons. The van der Waals surface area contributed by atoms with Crippen molar-refractivity contribution < 1.29 is 8.78 Å². The number of rotatable bonds is 4. The summed E-state index contributed by atoms with van der Waals surface area (Å²) in [5, 5.41) is 3.38. The number of hydrogen-bond donors (Lipinski definition) is 1. The third kappa shape index (κ3) is 3.01. The van der Waals surface area contributed by atoms with Gasteiger partial charge in [-0.25, -0.2) is 8.78 Å². The first kappa shape index (κ1) is 13.6. The highest BCUT2D eigenvalue weighted by Gasteiger charge is 2.32. The topological polar surface area (TPSA) is 12.0 Å². The fraction of sp³-hybridized carbons (Fsp3) is 0.250. The van der Waals surface area contributed by atoms with Gasteiger partial charge < -0.3 is 5.32 Å². The molecule has 0 aliphatic heterocycles. The Labute approximate surface area is 125 Å². The molecule has 1 N–H and O–H groups in total. The molecule has 104 valence electrons. The Kier molecular flexibility index (Phi) is 3.74. The summed E-state index contributed by atoms with van der Waals surface area (Å²) in [6.45, 7) is 0. The predicted octanol–water partition coefficient (Wildman–Crippen LogP) is 5.29. The van der Waals surface area contributed by atoms with Crippen molar-refractivity contribution in [3.05, 3.63) is 64.1 Å². The van der Waals surface area contributed by atoms with Gasteiger partial charge in [-0.05, 0) is 70.6 Å². The molecule has 0 saturated heterocycles. The Hall–Kier alpha value is -1.42. The van der Waals surface area contributed by atoms with Gasteiger partial charge in [-0.1, -0.05) is 12.1 Å². The maximum absolute atomic E-state index is 13.4. The molecule has 1 nitrogen and oxygen atoms in total. The van der Waals surface area contributed by atoms with Crippen molar-refractivity contribution in [1.29, 1.82) is 0 Å².